The van der Waals surface area contributed by atoms with E-state index >= 15 is 0 Å². The Bertz CT molecular complexity index is 870. The van der Waals surface area contributed by atoms with Crippen LogP contribution < -0.4 is 10.1 Å². The smallest absolute Gasteiger partial charge is 0.278 e. The van der Waals surface area contributed by atoms with E-state index in [1.54, 1.807) is 18.2 Å². The Morgan fingerprint density at radius 3 is 2.37 bits per heavy atom. The molecule has 2 aromatic rings. The number of nitrogens with zero attached hydrogens (tertiary/aromatic N) is 1. The number of carbonyl (C=O) groups is 2. The van der Waals surface area contributed by atoms with Crippen molar-refractivity contribution < 1.29 is 14.3 Å². The first-order chi connectivity index (χ1) is 13.2. The molecule has 1 aliphatic heterocycles. The molecule has 0 spiro atoms. The van der Waals surface area contributed by atoms with Crippen molar-refractivity contribution in [2.24, 2.45) is 0 Å². The van der Waals surface area contributed by atoms with Crippen LogP contribution in [0.4, 0.5) is 5.69 Å². The summed E-state index contributed by atoms with van der Waals surface area (Å²) in [5, 5.41) is 3.11. The lowest BCUT2D eigenvalue weighted by atomic mass is 10.0. The van der Waals surface area contributed by atoms with Gasteiger partial charge < -0.3 is 10.1 Å². The van der Waals surface area contributed by atoms with Gasteiger partial charge in [-0.15, -0.1) is 6.58 Å². The Balaban J connectivity index is 1.98. The molecule has 1 aliphatic rings. The number of carbonyl (C=O) groups excluding carboxylic acids is 2. The molecular formula is C22H22N2O3. The lowest BCUT2D eigenvalue weighted by Crippen LogP contribution is -2.32. The quantitative estimate of drug-likeness (QED) is 0.572. The molecule has 2 aromatic carbocycles. The van der Waals surface area contributed by atoms with Crippen LogP contribution >= 0.6 is 0 Å². The third-order valence-corrected chi connectivity index (χ3v) is 4.14. The number of ether oxygens (including phenoxy) is 1. The van der Waals surface area contributed by atoms with Gasteiger partial charge in [-0.2, -0.15) is 0 Å². The molecule has 27 heavy (non-hydrogen) atoms. The molecule has 0 atom stereocenters. The number of hydrogen-bond acceptors (Lipinski definition) is 4. The first kappa shape index (κ1) is 18.5. The number of anilines is 1. The van der Waals surface area contributed by atoms with Gasteiger partial charge in [-0.05, 0) is 36.2 Å². The lowest BCUT2D eigenvalue weighted by Gasteiger charge is -2.12. The molecule has 0 bridgehead atoms. The summed E-state index contributed by atoms with van der Waals surface area (Å²) in [7, 11) is 0. The third kappa shape index (κ3) is 3.92. The molecule has 1 N–H and O–H groups in total. The van der Waals surface area contributed by atoms with Gasteiger partial charge in [0.2, 0.25) is 0 Å². The van der Waals surface area contributed by atoms with Crippen molar-refractivity contribution >= 4 is 23.1 Å². The molecule has 0 radical (unpaired) electrons. The van der Waals surface area contributed by atoms with E-state index in [4.69, 9.17) is 4.74 Å². The van der Waals surface area contributed by atoms with Crippen molar-refractivity contribution in [3.05, 3.63) is 78.5 Å². The van der Waals surface area contributed by atoms with Crippen LogP contribution in [-0.2, 0) is 9.59 Å². The molecule has 0 aliphatic carbocycles. The fourth-order valence-electron chi connectivity index (χ4n) is 2.86. The molecule has 0 unspecified atom stereocenters. The van der Waals surface area contributed by atoms with Gasteiger partial charge in [0.25, 0.3) is 11.8 Å². The fourth-order valence-corrected chi connectivity index (χ4v) is 2.86. The monoisotopic (exact) mass is 362 g/mol. The molecule has 0 fully saturated rings. The Morgan fingerprint density at radius 2 is 1.74 bits per heavy atom. The van der Waals surface area contributed by atoms with Crippen molar-refractivity contribution in [1.29, 1.82) is 0 Å². The predicted octanol–water partition coefficient (Wildman–Crippen LogP) is 3.85. The van der Waals surface area contributed by atoms with E-state index < -0.39 is 0 Å². The molecule has 1 heterocycles. The van der Waals surface area contributed by atoms with Gasteiger partial charge in [0, 0.05) is 12.2 Å². The molecule has 2 amide bonds. The highest BCUT2D eigenvalue weighted by atomic mass is 16.5. The minimum Gasteiger partial charge on any atom is -0.494 e. The van der Waals surface area contributed by atoms with Crippen LogP contribution in [0.1, 0.15) is 18.9 Å². The second-order valence-corrected chi connectivity index (χ2v) is 6.12. The highest BCUT2D eigenvalue weighted by Gasteiger charge is 2.38. The van der Waals surface area contributed by atoms with E-state index in [1.807, 2.05) is 49.4 Å². The molecule has 5 heteroatoms. The summed E-state index contributed by atoms with van der Waals surface area (Å²) < 4.78 is 5.60. The molecular weight excluding hydrogens is 340 g/mol. The summed E-state index contributed by atoms with van der Waals surface area (Å²) in [5.41, 5.74) is 2.04. The molecule has 5 nitrogen and oxygen atoms in total. The zero-order valence-corrected chi connectivity index (χ0v) is 15.3. The van der Waals surface area contributed by atoms with Crippen LogP contribution in [0.2, 0.25) is 0 Å². The second-order valence-electron chi connectivity index (χ2n) is 6.12. The minimum atomic E-state index is -0.356. The van der Waals surface area contributed by atoms with E-state index in [1.165, 1.54) is 4.90 Å². The third-order valence-electron chi connectivity index (χ3n) is 4.14. The highest BCUT2D eigenvalue weighted by molar-refractivity contribution is 6.36. The van der Waals surface area contributed by atoms with Crippen LogP contribution in [0.25, 0.3) is 5.57 Å². The first-order valence-corrected chi connectivity index (χ1v) is 8.92. The van der Waals surface area contributed by atoms with Gasteiger partial charge in [0.1, 0.15) is 11.4 Å². The zero-order valence-electron chi connectivity index (χ0n) is 15.3. The number of benzene rings is 2. The Labute approximate surface area is 158 Å². The van der Waals surface area contributed by atoms with Gasteiger partial charge in [0.05, 0.1) is 12.2 Å². The summed E-state index contributed by atoms with van der Waals surface area (Å²) in [6.07, 6.45) is 2.46. The lowest BCUT2D eigenvalue weighted by molar-refractivity contribution is -0.136. The largest absolute Gasteiger partial charge is 0.494 e. The summed E-state index contributed by atoms with van der Waals surface area (Å²) in [6, 6.07) is 16.5. The van der Waals surface area contributed by atoms with Crippen LogP contribution in [0, 0.1) is 0 Å². The van der Waals surface area contributed by atoms with Crippen LogP contribution in [0.5, 0.6) is 5.75 Å². The van der Waals surface area contributed by atoms with Crippen molar-refractivity contribution in [3.8, 4) is 5.75 Å². The fraction of sp³-hybridized carbons (Fsp3) is 0.182. The van der Waals surface area contributed by atoms with E-state index in [0.717, 1.165) is 17.9 Å². The number of hydrogen-bond donors (Lipinski definition) is 1. The standard InChI is InChI=1S/C22H22N2O3/c1-3-14-24-21(25)19(16-10-12-18(13-11-16)27-15-4-2)20(22(24)26)23-17-8-6-5-7-9-17/h3,5-13,23H,1,4,14-15H2,2H3. The number of amides is 2. The average molecular weight is 362 g/mol. The van der Waals surface area contributed by atoms with Gasteiger partial charge in [0.15, 0.2) is 0 Å². The summed E-state index contributed by atoms with van der Waals surface area (Å²) in [6.45, 7) is 6.48. The summed E-state index contributed by atoms with van der Waals surface area (Å²) in [5.74, 6) is 0.0455. The topological polar surface area (TPSA) is 58.6 Å². The SMILES string of the molecule is C=CCN1C(=O)C(Nc2ccccc2)=C(c2ccc(OCCC)cc2)C1=O. The van der Waals surface area contributed by atoms with Crippen LogP contribution in [0.15, 0.2) is 72.9 Å². The Morgan fingerprint density at radius 1 is 1.04 bits per heavy atom. The Kier molecular flexibility index (Phi) is 5.71. The molecule has 138 valence electrons. The maximum atomic E-state index is 12.9. The Hall–Kier alpha value is -3.34. The molecule has 0 saturated carbocycles. The summed E-state index contributed by atoms with van der Waals surface area (Å²) >= 11 is 0. The molecule has 3 rings (SSSR count). The summed E-state index contributed by atoms with van der Waals surface area (Å²) in [4.78, 5) is 26.9. The maximum absolute atomic E-state index is 12.9. The number of imide groups is 1. The van der Waals surface area contributed by atoms with Crippen LogP contribution in [-0.4, -0.2) is 29.9 Å². The number of rotatable bonds is 8. The maximum Gasteiger partial charge on any atom is 0.278 e. The number of para-hydroxylation sites is 1. The molecule has 0 saturated heterocycles. The first-order valence-electron chi connectivity index (χ1n) is 8.92. The predicted molar refractivity (Wildman–Crippen MR) is 106 cm³/mol. The van der Waals surface area contributed by atoms with Gasteiger partial charge in [-0.3, -0.25) is 14.5 Å². The van der Waals surface area contributed by atoms with Crippen molar-refractivity contribution in [3.63, 3.8) is 0 Å². The van der Waals surface area contributed by atoms with Crippen LogP contribution in [0.3, 0.4) is 0 Å². The minimum absolute atomic E-state index is 0.166. The van der Waals surface area contributed by atoms with Crippen molar-refractivity contribution in [2.45, 2.75) is 13.3 Å². The normalized spacial score (nSPS) is 13.9. The van der Waals surface area contributed by atoms with Crippen molar-refractivity contribution in [2.75, 3.05) is 18.5 Å². The highest BCUT2D eigenvalue weighted by Crippen LogP contribution is 2.31. The van der Waals surface area contributed by atoms with Crippen molar-refractivity contribution in [1.82, 2.24) is 4.90 Å². The van der Waals surface area contributed by atoms with E-state index in [-0.39, 0.29) is 24.1 Å². The second kappa shape index (κ2) is 8.36. The van der Waals surface area contributed by atoms with E-state index in [9.17, 15) is 9.59 Å². The van der Waals surface area contributed by atoms with E-state index in [0.29, 0.717) is 17.7 Å². The van der Waals surface area contributed by atoms with Gasteiger partial charge >= 0.3 is 0 Å². The van der Waals surface area contributed by atoms with Gasteiger partial charge in [-0.25, -0.2) is 0 Å². The van der Waals surface area contributed by atoms with E-state index in [2.05, 4.69) is 11.9 Å². The molecule has 0 aromatic heterocycles. The van der Waals surface area contributed by atoms with Gasteiger partial charge in [-0.1, -0.05) is 43.3 Å². The zero-order chi connectivity index (χ0) is 19.2. The number of nitrogens with one attached hydrogen (secondary N) is 1. The average Bonchev–Trinajstić information content (AvgIpc) is 2.92.